The number of nitrogens with zero attached hydrogens (tertiary/aromatic N) is 3. The highest BCUT2D eigenvalue weighted by Gasteiger charge is 2.30. The highest BCUT2D eigenvalue weighted by atomic mass is 19.4. The van der Waals surface area contributed by atoms with Crippen LogP contribution in [0.5, 0.6) is 0 Å². The predicted octanol–water partition coefficient (Wildman–Crippen LogP) is 7.17. The van der Waals surface area contributed by atoms with Gasteiger partial charge < -0.3 is 19.3 Å². The molecule has 0 atom stereocenters. The van der Waals surface area contributed by atoms with Gasteiger partial charge in [-0.1, -0.05) is 99.8 Å². The Bertz CT molecular complexity index is 1110. The molecule has 0 aliphatic heterocycles. The molecule has 1 aromatic heterocycles. The zero-order valence-corrected chi connectivity index (χ0v) is 21.8. The molecule has 0 bridgehead atoms. The Morgan fingerprint density at radius 1 is 0.842 bits per heavy atom. The van der Waals surface area contributed by atoms with Crippen molar-refractivity contribution in [2.75, 3.05) is 0 Å². The lowest BCUT2D eigenvalue weighted by molar-refractivity contribution is -0.267. The van der Waals surface area contributed by atoms with Gasteiger partial charge in [0.1, 0.15) is 6.09 Å². The molecular formula is C29H35F3N3O3-. The third kappa shape index (κ3) is 9.50. The molecule has 9 heteroatoms. The Morgan fingerprint density at radius 2 is 1.37 bits per heavy atom. The van der Waals surface area contributed by atoms with Gasteiger partial charge in [-0.25, -0.2) is 0 Å². The van der Waals surface area contributed by atoms with Crippen molar-refractivity contribution in [3.8, 4) is 11.4 Å². The van der Waals surface area contributed by atoms with Crippen LogP contribution in [0.4, 0.5) is 18.0 Å². The lowest BCUT2D eigenvalue weighted by Crippen LogP contribution is -2.40. The number of hydrogen-bond acceptors (Lipinski definition) is 5. The van der Waals surface area contributed by atoms with Crippen molar-refractivity contribution in [2.45, 2.75) is 90.4 Å². The molecule has 3 aromatic rings. The topological polar surface area (TPSA) is 82.3 Å². The molecule has 0 radical (unpaired) electrons. The van der Waals surface area contributed by atoms with Crippen LogP contribution < -0.4 is 5.11 Å². The van der Waals surface area contributed by atoms with Crippen molar-refractivity contribution in [3.63, 3.8) is 0 Å². The molecule has 0 spiro atoms. The van der Waals surface area contributed by atoms with Crippen molar-refractivity contribution in [1.29, 1.82) is 0 Å². The molecule has 6 nitrogen and oxygen atoms in total. The molecule has 0 aliphatic carbocycles. The number of hydrogen-bond donors (Lipinski definition) is 0. The summed E-state index contributed by atoms with van der Waals surface area (Å²) in [5.74, 6) is 1.08. The molecular weight excluding hydrogens is 495 g/mol. The fraction of sp³-hybridized carbons (Fsp3) is 0.483. The van der Waals surface area contributed by atoms with Crippen molar-refractivity contribution >= 4 is 6.09 Å². The second-order valence-corrected chi connectivity index (χ2v) is 9.60. The number of unbranched alkanes of at least 4 members (excludes halogenated alkanes) is 8. The van der Waals surface area contributed by atoms with Gasteiger partial charge in [0, 0.05) is 25.1 Å². The van der Waals surface area contributed by atoms with E-state index in [1.165, 1.54) is 57.1 Å². The number of halogens is 3. The van der Waals surface area contributed by atoms with Gasteiger partial charge in [-0.2, -0.15) is 18.2 Å². The van der Waals surface area contributed by atoms with Gasteiger partial charge in [-0.3, -0.25) is 0 Å². The number of aromatic nitrogens is 2. The van der Waals surface area contributed by atoms with Gasteiger partial charge in [-0.05, 0) is 29.7 Å². The summed E-state index contributed by atoms with van der Waals surface area (Å²) < 4.78 is 43.7. The highest BCUT2D eigenvalue weighted by Crippen LogP contribution is 2.29. The van der Waals surface area contributed by atoms with Crippen LogP contribution in [0.3, 0.4) is 0 Å². The number of alkyl halides is 3. The molecule has 2 aromatic carbocycles. The summed E-state index contributed by atoms with van der Waals surface area (Å²) in [7, 11) is 0. The molecule has 0 aliphatic rings. The number of carbonyl (C=O) groups is 1. The SMILES string of the molecule is CCCCCCCCCCCc1nc(-c2ccc(CN(Cc3ccc(C(F)(F)F)cc3)C(=O)[O-])cc2)no1. The van der Waals surface area contributed by atoms with Crippen LogP contribution in [0.25, 0.3) is 11.4 Å². The van der Waals surface area contributed by atoms with Crippen LogP contribution in [-0.4, -0.2) is 21.1 Å². The minimum Gasteiger partial charge on any atom is -0.530 e. The molecule has 206 valence electrons. The second-order valence-electron chi connectivity index (χ2n) is 9.60. The fourth-order valence-corrected chi connectivity index (χ4v) is 4.24. The summed E-state index contributed by atoms with van der Waals surface area (Å²) in [6, 6.07) is 11.5. The molecule has 38 heavy (non-hydrogen) atoms. The Labute approximate surface area is 221 Å². The molecule has 0 unspecified atom stereocenters. The first-order valence-electron chi connectivity index (χ1n) is 13.3. The van der Waals surface area contributed by atoms with Crippen molar-refractivity contribution in [1.82, 2.24) is 15.0 Å². The van der Waals surface area contributed by atoms with Crippen LogP contribution in [0, 0.1) is 0 Å². The van der Waals surface area contributed by atoms with Crippen LogP contribution in [0.1, 0.15) is 87.3 Å². The summed E-state index contributed by atoms with van der Waals surface area (Å²) in [4.78, 5) is 17.1. The average molecular weight is 531 g/mol. The van der Waals surface area contributed by atoms with E-state index in [-0.39, 0.29) is 13.1 Å². The molecule has 1 amide bonds. The summed E-state index contributed by atoms with van der Waals surface area (Å²) >= 11 is 0. The minimum atomic E-state index is -4.44. The third-order valence-electron chi connectivity index (χ3n) is 6.46. The summed E-state index contributed by atoms with van der Waals surface area (Å²) in [5, 5.41) is 15.7. The highest BCUT2D eigenvalue weighted by molar-refractivity contribution is 5.63. The maximum absolute atomic E-state index is 12.8. The van der Waals surface area contributed by atoms with Gasteiger partial charge >= 0.3 is 6.18 Å². The maximum Gasteiger partial charge on any atom is 0.416 e. The molecule has 0 saturated carbocycles. The molecule has 0 fully saturated rings. The quantitative estimate of drug-likeness (QED) is 0.195. The summed E-state index contributed by atoms with van der Waals surface area (Å²) in [6.45, 7) is 2.17. The summed E-state index contributed by atoms with van der Waals surface area (Å²) in [5.41, 5.74) is 1.10. The van der Waals surface area contributed by atoms with Crippen LogP contribution >= 0.6 is 0 Å². The maximum atomic E-state index is 12.8. The van der Waals surface area contributed by atoms with Gasteiger partial charge in [0.05, 0.1) is 5.56 Å². The van der Waals surface area contributed by atoms with Crippen molar-refractivity contribution in [3.05, 3.63) is 71.1 Å². The lowest BCUT2D eigenvalue weighted by Gasteiger charge is -2.25. The van der Waals surface area contributed by atoms with E-state index in [0.29, 0.717) is 22.8 Å². The average Bonchev–Trinajstić information content (AvgIpc) is 3.36. The van der Waals surface area contributed by atoms with Gasteiger partial charge in [0.25, 0.3) is 0 Å². The monoisotopic (exact) mass is 530 g/mol. The van der Waals surface area contributed by atoms with E-state index in [4.69, 9.17) is 4.52 Å². The zero-order valence-electron chi connectivity index (χ0n) is 21.8. The van der Waals surface area contributed by atoms with E-state index in [1.807, 2.05) is 0 Å². The first kappa shape index (κ1) is 29.2. The predicted molar refractivity (Wildman–Crippen MR) is 137 cm³/mol. The smallest absolute Gasteiger partial charge is 0.416 e. The van der Waals surface area contributed by atoms with Gasteiger partial charge in [0.15, 0.2) is 0 Å². The first-order valence-corrected chi connectivity index (χ1v) is 13.3. The Kier molecular flexibility index (Phi) is 11.2. The Hall–Kier alpha value is -3.36. The van der Waals surface area contributed by atoms with E-state index in [2.05, 4.69) is 17.1 Å². The fourth-order valence-electron chi connectivity index (χ4n) is 4.24. The van der Waals surface area contributed by atoms with Crippen molar-refractivity contribution in [2.24, 2.45) is 0 Å². The first-order chi connectivity index (χ1) is 18.3. The molecule has 1 heterocycles. The molecule has 0 N–H and O–H groups in total. The number of rotatable bonds is 15. The standard InChI is InChI=1S/C29H36F3N3O3/c1-2-3-4-5-6-7-8-9-10-11-26-33-27(34-38-26)24-16-12-22(13-17-24)20-35(28(36)37)21-23-14-18-25(19-15-23)29(30,31)32/h12-19H,2-11,20-21H2,1H3,(H,36,37)/p-1. The minimum absolute atomic E-state index is 0.0275. The normalized spacial score (nSPS) is 11.6. The van der Waals surface area contributed by atoms with E-state index in [1.54, 1.807) is 24.3 Å². The second kappa shape index (κ2) is 14.5. The number of carbonyl (C=O) groups excluding carboxylic acids is 1. The zero-order chi connectivity index (χ0) is 27.4. The lowest BCUT2D eigenvalue weighted by atomic mass is 10.1. The van der Waals surface area contributed by atoms with E-state index in [0.717, 1.165) is 41.9 Å². The van der Waals surface area contributed by atoms with E-state index < -0.39 is 17.8 Å². The molecule has 3 rings (SSSR count). The van der Waals surface area contributed by atoms with Gasteiger partial charge in [-0.15, -0.1) is 0 Å². The largest absolute Gasteiger partial charge is 0.530 e. The number of amides is 1. The van der Waals surface area contributed by atoms with Crippen LogP contribution in [-0.2, 0) is 25.7 Å². The van der Waals surface area contributed by atoms with Crippen LogP contribution in [0.15, 0.2) is 53.1 Å². The van der Waals surface area contributed by atoms with E-state index in [9.17, 15) is 23.1 Å². The number of carboxylic acid groups (broad SMARTS) is 1. The number of benzene rings is 2. The van der Waals surface area contributed by atoms with E-state index >= 15 is 0 Å². The van der Waals surface area contributed by atoms with Crippen molar-refractivity contribution < 1.29 is 27.6 Å². The summed E-state index contributed by atoms with van der Waals surface area (Å²) in [6.07, 6.45) is 6.08. The Morgan fingerprint density at radius 3 is 1.89 bits per heavy atom. The Balaban J connectivity index is 1.47. The number of aryl methyl sites for hydroxylation is 1. The van der Waals surface area contributed by atoms with Crippen LogP contribution in [0.2, 0.25) is 0 Å². The molecule has 0 saturated heterocycles. The van der Waals surface area contributed by atoms with Gasteiger partial charge in [0.2, 0.25) is 11.7 Å². The third-order valence-corrected chi connectivity index (χ3v) is 6.46.